The fourth-order valence-corrected chi connectivity index (χ4v) is 1.51. The van der Waals surface area contributed by atoms with Crippen LogP contribution in [0.25, 0.3) is 0 Å². The highest BCUT2D eigenvalue weighted by atomic mass is 16.2. The minimum atomic E-state index is -1.25. The SMILES string of the molecule is CCC1(/C=C/C(C)C)C(=O)NC(=O)NC1=O. The summed E-state index contributed by atoms with van der Waals surface area (Å²) in [6, 6.07) is -0.753. The average molecular weight is 224 g/mol. The molecular weight excluding hydrogens is 208 g/mol. The lowest BCUT2D eigenvalue weighted by atomic mass is 9.81. The molecule has 5 nitrogen and oxygen atoms in total. The van der Waals surface area contributed by atoms with E-state index in [9.17, 15) is 14.4 Å². The highest BCUT2D eigenvalue weighted by Crippen LogP contribution is 2.27. The summed E-state index contributed by atoms with van der Waals surface area (Å²) in [5.41, 5.74) is -1.25. The number of nitrogens with one attached hydrogen (secondary N) is 2. The predicted molar refractivity (Wildman–Crippen MR) is 58.4 cm³/mol. The monoisotopic (exact) mass is 224 g/mol. The second kappa shape index (κ2) is 4.47. The molecule has 0 unspecified atom stereocenters. The molecule has 16 heavy (non-hydrogen) atoms. The van der Waals surface area contributed by atoms with E-state index in [1.165, 1.54) is 0 Å². The highest BCUT2D eigenvalue weighted by molar-refractivity contribution is 6.20. The summed E-state index contributed by atoms with van der Waals surface area (Å²) in [7, 11) is 0. The van der Waals surface area contributed by atoms with Crippen LogP contribution in [0.1, 0.15) is 27.2 Å². The first-order chi connectivity index (χ1) is 7.42. The summed E-state index contributed by atoms with van der Waals surface area (Å²) in [6.07, 6.45) is 3.69. The minimum Gasteiger partial charge on any atom is -0.277 e. The van der Waals surface area contributed by atoms with Crippen molar-refractivity contribution in [1.82, 2.24) is 10.6 Å². The third-order valence-electron chi connectivity index (χ3n) is 2.59. The Labute approximate surface area is 94.3 Å². The molecule has 0 bridgehead atoms. The molecule has 0 aromatic carbocycles. The van der Waals surface area contributed by atoms with E-state index in [0.29, 0.717) is 6.42 Å². The van der Waals surface area contributed by atoms with Crippen LogP contribution in [0.2, 0.25) is 0 Å². The van der Waals surface area contributed by atoms with Crippen molar-refractivity contribution < 1.29 is 14.4 Å². The Kier molecular flexibility index (Phi) is 3.47. The van der Waals surface area contributed by atoms with Gasteiger partial charge in [-0.05, 0) is 12.3 Å². The summed E-state index contributed by atoms with van der Waals surface area (Å²) >= 11 is 0. The van der Waals surface area contributed by atoms with Gasteiger partial charge in [0.05, 0.1) is 0 Å². The van der Waals surface area contributed by atoms with E-state index in [-0.39, 0.29) is 5.92 Å². The van der Waals surface area contributed by atoms with E-state index in [0.717, 1.165) is 0 Å². The highest BCUT2D eigenvalue weighted by Gasteiger charge is 2.46. The van der Waals surface area contributed by atoms with Gasteiger partial charge in [-0.3, -0.25) is 20.2 Å². The minimum absolute atomic E-state index is 0.238. The number of barbiturate groups is 1. The summed E-state index contributed by atoms with van der Waals surface area (Å²) in [4.78, 5) is 34.4. The molecule has 88 valence electrons. The van der Waals surface area contributed by atoms with Crippen molar-refractivity contribution in [2.75, 3.05) is 0 Å². The van der Waals surface area contributed by atoms with E-state index in [1.807, 2.05) is 13.8 Å². The van der Waals surface area contributed by atoms with E-state index in [4.69, 9.17) is 0 Å². The molecule has 0 spiro atoms. The fourth-order valence-electron chi connectivity index (χ4n) is 1.51. The standard InChI is InChI=1S/C11H16N2O3/c1-4-11(6-5-7(2)3)8(14)12-10(16)13-9(11)15/h5-7H,4H2,1-3H3,(H2,12,13,14,15,16)/b6-5+. The third-order valence-corrected chi connectivity index (χ3v) is 2.59. The summed E-state index contributed by atoms with van der Waals surface area (Å²) in [5.74, 6) is -0.872. The molecule has 0 radical (unpaired) electrons. The molecule has 4 amide bonds. The van der Waals surface area contributed by atoms with Crippen LogP contribution >= 0.6 is 0 Å². The van der Waals surface area contributed by atoms with Crippen LogP contribution in [0.15, 0.2) is 12.2 Å². The maximum absolute atomic E-state index is 11.7. The van der Waals surface area contributed by atoms with E-state index >= 15 is 0 Å². The number of imide groups is 2. The lowest BCUT2D eigenvalue weighted by Gasteiger charge is -2.30. The number of hydrogen-bond acceptors (Lipinski definition) is 3. The van der Waals surface area contributed by atoms with Gasteiger partial charge in [0.15, 0.2) is 0 Å². The van der Waals surface area contributed by atoms with Crippen molar-refractivity contribution >= 4 is 17.8 Å². The van der Waals surface area contributed by atoms with Gasteiger partial charge in [-0.25, -0.2) is 4.79 Å². The Balaban J connectivity index is 3.05. The maximum atomic E-state index is 11.7. The van der Waals surface area contributed by atoms with Crippen molar-refractivity contribution in [3.05, 3.63) is 12.2 Å². The Bertz CT molecular complexity index is 338. The third kappa shape index (κ3) is 2.13. The van der Waals surface area contributed by atoms with Crippen LogP contribution < -0.4 is 10.6 Å². The Morgan fingerprint density at radius 3 is 2.06 bits per heavy atom. The van der Waals surface area contributed by atoms with Gasteiger partial charge in [-0.1, -0.05) is 32.9 Å². The Morgan fingerprint density at radius 1 is 1.19 bits per heavy atom. The first kappa shape index (κ1) is 12.4. The first-order valence-electron chi connectivity index (χ1n) is 5.28. The lowest BCUT2D eigenvalue weighted by molar-refractivity contribution is -0.141. The van der Waals surface area contributed by atoms with Gasteiger partial charge in [-0.2, -0.15) is 0 Å². The molecule has 1 heterocycles. The molecule has 0 saturated carbocycles. The van der Waals surface area contributed by atoms with E-state index < -0.39 is 23.3 Å². The average Bonchev–Trinajstić information content (AvgIpc) is 2.17. The Hall–Kier alpha value is -1.65. The zero-order valence-corrected chi connectivity index (χ0v) is 9.66. The van der Waals surface area contributed by atoms with Gasteiger partial charge in [0.2, 0.25) is 11.8 Å². The van der Waals surface area contributed by atoms with Crippen LogP contribution in [0.5, 0.6) is 0 Å². The second-order valence-electron chi connectivity index (χ2n) is 4.17. The quantitative estimate of drug-likeness (QED) is 0.554. The number of rotatable bonds is 3. The topological polar surface area (TPSA) is 75.3 Å². The number of allylic oxidation sites excluding steroid dienone is 1. The van der Waals surface area contributed by atoms with Crippen LogP contribution in [0.3, 0.4) is 0 Å². The van der Waals surface area contributed by atoms with Gasteiger partial charge in [0, 0.05) is 0 Å². The number of carbonyl (C=O) groups is 3. The number of hydrogen-bond donors (Lipinski definition) is 2. The van der Waals surface area contributed by atoms with Gasteiger partial charge < -0.3 is 0 Å². The second-order valence-corrected chi connectivity index (χ2v) is 4.17. The van der Waals surface area contributed by atoms with Crippen LogP contribution in [0.4, 0.5) is 4.79 Å². The molecule has 0 aliphatic carbocycles. The van der Waals surface area contributed by atoms with Crippen molar-refractivity contribution in [2.45, 2.75) is 27.2 Å². The van der Waals surface area contributed by atoms with Gasteiger partial charge in [0.1, 0.15) is 5.41 Å². The van der Waals surface area contributed by atoms with Crippen molar-refractivity contribution in [2.24, 2.45) is 11.3 Å². The molecule has 1 fully saturated rings. The molecule has 1 saturated heterocycles. The molecule has 1 aliphatic rings. The zero-order valence-electron chi connectivity index (χ0n) is 9.66. The van der Waals surface area contributed by atoms with Gasteiger partial charge in [0.25, 0.3) is 0 Å². The lowest BCUT2D eigenvalue weighted by Crippen LogP contribution is -2.61. The van der Waals surface area contributed by atoms with Crippen LogP contribution in [0, 0.1) is 11.3 Å². The van der Waals surface area contributed by atoms with E-state index in [2.05, 4.69) is 10.6 Å². The first-order valence-corrected chi connectivity index (χ1v) is 5.28. The number of carbonyl (C=O) groups excluding carboxylic acids is 3. The molecule has 1 rings (SSSR count). The van der Waals surface area contributed by atoms with Crippen molar-refractivity contribution in [3.63, 3.8) is 0 Å². The molecule has 5 heteroatoms. The van der Waals surface area contributed by atoms with E-state index in [1.54, 1.807) is 19.1 Å². The molecule has 2 N–H and O–H groups in total. The summed E-state index contributed by atoms with van der Waals surface area (Å²) < 4.78 is 0. The molecule has 1 aliphatic heterocycles. The maximum Gasteiger partial charge on any atom is 0.328 e. The van der Waals surface area contributed by atoms with Crippen molar-refractivity contribution in [1.29, 1.82) is 0 Å². The largest absolute Gasteiger partial charge is 0.328 e. The molecule has 0 aromatic heterocycles. The molecule has 0 atom stereocenters. The van der Waals surface area contributed by atoms with Crippen LogP contribution in [-0.4, -0.2) is 17.8 Å². The molecule has 0 aromatic rings. The summed E-state index contributed by atoms with van der Waals surface area (Å²) in [5, 5.41) is 4.23. The predicted octanol–water partition coefficient (Wildman–Crippen LogP) is 0.961. The number of urea groups is 1. The normalized spacial score (nSPS) is 20.1. The summed E-state index contributed by atoms with van der Waals surface area (Å²) in [6.45, 7) is 5.63. The molecular formula is C11H16N2O3. The zero-order chi connectivity index (χ0) is 12.3. The smallest absolute Gasteiger partial charge is 0.277 e. The number of amides is 4. The Morgan fingerprint density at radius 2 is 1.69 bits per heavy atom. The fraction of sp³-hybridized carbons (Fsp3) is 0.545. The van der Waals surface area contributed by atoms with Crippen LogP contribution in [-0.2, 0) is 9.59 Å². The van der Waals surface area contributed by atoms with Gasteiger partial charge >= 0.3 is 6.03 Å². The van der Waals surface area contributed by atoms with Gasteiger partial charge in [-0.15, -0.1) is 0 Å². The van der Waals surface area contributed by atoms with Crippen molar-refractivity contribution in [3.8, 4) is 0 Å².